The summed E-state index contributed by atoms with van der Waals surface area (Å²) in [6.45, 7) is 3.81. The van der Waals surface area contributed by atoms with Crippen molar-refractivity contribution in [2.75, 3.05) is 33.0 Å². The van der Waals surface area contributed by atoms with Crippen LogP contribution in [0.4, 0.5) is 0 Å². The SMILES string of the molecule is CCS(=O)(=O)NCCCNC(=NC)NC1CCc2nc(COC)nn2C1.I. The lowest BCUT2D eigenvalue weighted by Crippen LogP contribution is -2.47. The molecule has 0 saturated carbocycles. The van der Waals surface area contributed by atoms with Gasteiger partial charge in [0, 0.05) is 39.7 Å². The van der Waals surface area contributed by atoms with E-state index >= 15 is 0 Å². The Morgan fingerprint density at radius 1 is 1.41 bits per heavy atom. The van der Waals surface area contributed by atoms with Gasteiger partial charge in [0.2, 0.25) is 10.0 Å². The molecule has 1 aliphatic heterocycles. The summed E-state index contributed by atoms with van der Waals surface area (Å²) in [4.78, 5) is 8.69. The second kappa shape index (κ2) is 11.8. The molecule has 2 heterocycles. The average Bonchev–Trinajstić information content (AvgIpc) is 3.02. The Morgan fingerprint density at radius 2 is 2.19 bits per heavy atom. The van der Waals surface area contributed by atoms with Gasteiger partial charge in [0.25, 0.3) is 0 Å². The van der Waals surface area contributed by atoms with Crippen molar-refractivity contribution in [3.63, 3.8) is 0 Å². The van der Waals surface area contributed by atoms with Crippen LogP contribution in [0.2, 0.25) is 0 Å². The second-order valence-electron chi connectivity index (χ2n) is 6.09. The van der Waals surface area contributed by atoms with Gasteiger partial charge in [-0.2, -0.15) is 5.10 Å². The Balaban J connectivity index is 0.00000364. The molecule has 0 bridgehead atoms. The van der Waals surface area contributed by atoms with Gasteiger partial charge in [-0.1, -0.05) is 0 Å². The van der Waals surface area contributed by atoms with E-state index in [-0.39, 0.29) is 35.8 Å². The zero-order valence-electron chi connectivity index (χ0n) is 16.1. The molecule has 1 aromatic rings. The fraction of sp³-hybridized carbons (Fsp3) is 0.800. The number of nitrogens with zero attached hydrogens (tertiary/aromatic N) is 4. The molecule has 0 fully saturated rings. The van der Waals surface area contributed by atoms with Crippen molar-refractivity contribution in [2.45, 2.75) is 45.4 Å². The summed E-state index contributed by atoms with van der Waals surface area (Å²) in [6, 6.07) is 0.212. The molecule has 1 aromatic heterocycles. The zero-order chi connectivity index (χ0) is 19.0. The van der Waals surface area contributed by atoms with Crippen molar-refractivity contribution < 1.29 is 13.2 Å². The number of halogens is 1. The Kier molecular flexibility index (Phi) is 10.5. The Morgan fingerprint density at radius 3 is 2.85 bits per heavy atom. The predicted octanol–water partition coefficient (Wildman–Crippen LogP) is -0.148. The number of sulfonamides is 1. The highest BCUT2D eigenvalue weighted by Gasteiger charge is 2.22. The van der Waals surface area contributed by atoms with Gasteiger partial charge in [0.15, 0.2) is 11.8 Å². The maximum Gasteiger partial charge on any atom is 0.211 e. The van der Waals surface area contributed by atoms with E-state index in [1.165, 1.54) is 0 Å². The first kappa shape index (κ1) is 24.0. The molecule has 0 radical (unpaired) electrons. The molecule has 12 heteroatoms. The van der Waals surface area contributed by atoms with Crippen LogP contribution in [0.3, 0.4) is 0 Å². The third kappa shape index (κ3) is 7.87. The molecule has 0 spiro atoms. The first-order valence-corrected chi connectivity index (χ1v) is 10.5. The summed E-state index contributed by atoms with van der Waals surface area (Å²) in [5.41, 5.74) is 0. The smallest absolute Gasteiger partial charge is 0.211 e. The number of ether oxygens (including phenoxy) is 1. The lowest BCUT2D eigenvalue weighted by Gasteiger charge is -2.25. The van der Waals surface area contributed by atoms with E-state index in [9.17, 15) is 8.42 Å². The van der Waals surface area contributed by atoms with Crippen molar-refractivity contribution in [3.05, 3.63) is 11.6 Å². The van der Waals surface area contributed by atoms with Gasteiger partial charge in [-0.25, -0.2) is 22.8 Å². The summed E-state index contributed by atoms with van der Waals surface area (Å²) in [7, 11) is 0.223. The summed E-state index contributed by atoms with van der Waals surface area (Å²) in [5, 5.41) is 11.1. The highest BCUT2D eigenvalue weighted by atomic mass is 127. The maximum absolute atomic E-state index is 11.4. The third-order valence-electron chi connectivity index (χ3n) is 4.09. The molecule has 0 amide bonds. The van der Waals surface area contributed by atoms with E-state index in [4.69, 9.17) is 4.74 Å². The van der Waals surface area contributed by atoms with E-state index in [0.29, 0.717) is 37.9 Å². The molecule has 1 unspecified atom stereocenters. The molecule has 156 valence electrons. The third-order valence-corrected chi connectivity index (χ3v) is 5.49. The number of guanidine groups is 1. The number of rotatable bonds is 9. The Hall–Kier alpha value is -0.990. The second-order valence-corrected chi connectivity index (χ2v) is 8.19. The molecular weight excluding hydrogens is 485 g/mol. The van der Waals surface area contributed by atoms with Crippen molar-refractivity contribution in [1.29, 1.82) is 0 Å². The molecule has 2 rings (SSSR count). The van der Waals surface area contributed by atoms with E-state index in [0.717, 1.165) is 25.2 Å². The van der Waals surface area contributed by atoms with Crippen molar-refractivity contribution in [2.24, 2.45) is 4.99 Å². The predicted molar refractivity (Wildman–Crippen MR) is 115 cm³/mol. The topological polar surface area (TPSA) is 123 Å². The number of nitrogens with one attached hydrogen (secondary N) is 3. The van der Waals surface area contributed by atoms with E-state index in [1.54, 1.807) is 21.1 Å². The van der Waals surface area contributed by atoms with Crippen molar-refractivity contribution in [3.8, 4) is 0 Å². The minimum atomic E-state index is -3.13. The molecular formula is C15H30IN7O3S. The van der Waals surface area contributed by atoms with Crippen LogP contribution in [0.1, 0.15) is 31.4 Å². The number of aryl methyl sites for hydroxylation is 1. The first-order valence-electron chi connectivity index (χ1n) is 8.83. The molecule has 0 aromatic carbocycles. The monoisotopic (exact) mass is 515 g/mol. The summed E-state index contributed by atoms with van der Waals surface area (Å²) >= 11 is 0. The average molecular weight is 515 g/mol. The fourth-order valence-electron chi connectivity index (χ4n) is 2.68. The van der Waals surface area contributed by atoms with Gasteiger partial charge in [0.1, 0.15) is 12.4 Å². The number of hydrogen-bond donors (Lipinski definition) is 3. The molecule has 0 saturated heterocycles. The van der Waals surface area contributed by atoms with E-state index < -0.39 is 10.0 Å². The molecule has 0 aliphatic carbocycles. The minimum Gasteiger partial charge on any atom is -0.377 e. The Bertz CT molecular complexity index is 708. The van der Waals surface area contributed by atoms with Crippen LogP contribution in [0.25, 0.3) is 0 Å². The number of aromatic nitrogens is 3. The van der Waals surface area contributed by atoms with Crippen LogP contribution in [0.5, 0.6) is 0 Å². The molecule has 10 nitrogen and oxygen atoms in total. The number of fused-ring (bicyclic) bond motifs is 1. The van der Waals surface area contributed by atoms with E-state index in [1.807, 2.05) is 4.68 Å². The fourth-order valence-corrected chi connectivity index (χ4v) is 3.34. The largest absolute Gasteiger partial charge is 0.377 e. The first-order chi connectivity index (χ1) is 12.5. The van der Waals surface area contributed by atoms with Crippen molar-refractivity contribution >= 4 is 40.0 Å². The maximum atomic E-state index is 11.4. The summed E-state index contributed by atoms with van der Waals surface area (Å²) < 4.78 is 32.3. The van der Waals surface area contributed by atoms with Crippen LogP contribution in [-0.2, 0) is 34.3 Å². The molecule has 1 atom stereocenters. The van der Waals surface area contributed by atoms with Crippen LogP contribution in [-0.4, -0.2) is 68.2 Å². The highest BCUT2D eigenvalue weighted by Crippen LogP contribution is 2.13. The highest BCUT2D eigenvalue weighted by molar-refractivity contribution is 14.0. The van der Waals surface area contributed by atoms with Crippen molar-refractivity contribution in [1.82, 2.24) is 30.1 Å². The summed E-state index contributed by atoms with van der Waals surface area (Å²) in [5.74, 6) is 2.50. The van der Waals surface area contributed by atoms with Gasteiger partial charge in [-0.15, -0.1) is 24.0 Å². The van der Waals surface area contributed by atoms with Crippen LogP contribution < -0.4 is 15.4 Å². The minimum absolute atomic E-state index is 0. The number of methoxy groups -OCH3 is 1. The number of aliphatic imine (C=N–C) groups is 1. The van der Waals surface area contributed by atoms with Gasteiger partial charge in [-0.05, 0) is 19.8 Å². The van der Waals surface area contributed by atoms with Crippen LogP contribution in [0, 0.1) is 0 Å². The lowest BCUT2D eigenvalue weighted by atomic mass is 10.1. The van der Waals surface area contributed by atoms with Crippen LogP contribution >= 0.6 is 24.0 Å². The quantitative estimate of drug-likeness (QED) is 0.181. The molecule has 27 heavy (non-hydrogen) atoms. The molecule has 3 N–H and O–H groups in total. The number of hydrogen-bond acceptors (Lipinski definition) is 6. The van der Waals surface area contributed by atoms with Gasteiger partial charge < -0.3 is 15.4 Å². The van der Waals surface area contributed by atoms with Gasteiger partial charge in [0.05, 0.1) is 12.3 Å². The van der Waals surface area contributed by atoms with Crippen LogP contribution in [0.15, 0.2) is 4.99 Å². The normalized spacial score (nSPS) is 17.1. The lowest BCUT2D eigenvalue weighted by molar-refractivity contribution is 0.177. The standard InChI is InChI=1S/C15H29N7O3S.HI/c1-4-26(23,24)18-9-5-8-17-15(16-2)19-12-6-7-14-20-13(11-25-3)21-22(14)10-12;/h12,18H,4-11H2,1-3H3,(H2,16,17,19);1H. The van der Waals surface area contributed by atoms with E-state index in [2.05, 4.69) is 30.4 Å². The summed E-state index contributed by atoms with van der Waals surface area (Å²) in [6.07, 6.45) is 2.48. The van der Waals surface area contributed by atoms with Gasteiger partial charge in [-0.3, -0.25) is 4.99 Å². The Labute approximate surface area is 178 Å². The van der Waals surface area contributed by atoms with Gasteiger partial charge >= 0.3 is 0 Å². The zero-order valence-corrected chi connectivity index (χ0v) is 19.2. The molecule has 1 aliphatic rings.